The lowest BCUT2D eigenvalue weighted by Gasteiger charge is -2.23. The zero-order valence-corrected chi connectivity index (χ0v) is 9.55. The van der Waals surface area contributed by atoms with E-state index in [9.17, 15) is 4.79 Å². The fourth-order valence-corrected chi connectivity index (χ4v) is 1.42. The summed E-state index contributed by atoms with van der Waals surface area (Å²) in [5.41, 5.74) is 0. The van der Waals surface area contributed by atoms with Crippen LogP contribution in [0.4, 0.5) is 0 Å². The van der Waals surface area contributed by atoms with Crippen molar-refractivity contribution in [3.05, 3.63) is 12.7 Å². The third kappa shape index (κ3) is 4.42. The Morgan fingerprint density at radius 1 is 1.64 bits per heavy atom. The normalized spacial score (nSPS) is 12.2. The van der Waals surface area contributed by atoms with Crippen LogP contribution in [0.2, 0.25) is 0 Å². The Hall–Kier alpha value is -0.830. The Morgan fingerprint density at radius 3 is 2.71 bits per heavy atom. The summed E-state index contributed by atoms with van der Waals surface area (Å²) < 4.78 is 0. The fourth-order valence-electron chi connectivity index (χ4n) is 1.42. The highest BCUT2D eigenvalue weighted by Gasteiger charge is 2.17. The maximum atomic E-state index is 11.9. The van der Waals surface area contributed by atoms with E-state index in [4.69, 9.17) is 0 Å². The van der Waals surface area contributed by atoms with E-state index in [2.05, 4.69) is 18.8 Å². The van der Waals surface area contributed by atoms with Gasteiger partial charge in [0.2, 0.25) is 5.91 Å². The maximum Gasteiger partial charge on any atom is 0.226 e. The number of hydrogen-bond acceptors (Lipinski definition) is 2. The van der Waals surface area contributed by atoms with Crippen LogP contribution in [-0.4, -0.2) is 37.5 Å². The largest absolute Gasteiger partial charge is 0.339 e. The molecule has 0 fully saturated rings. The molecule has 0 aromatic heterocycles. The lowest BCUT2D eigenvalue weighted by atomic mass is 10.1. The van der Waals surface area contributed by atoms with E-state index in [1.807, 2.05) is 18.9 Å². The molecule has 3 heteroatoms. The molecule has 14 heavy (non-hydrogen) atoms. The Kier molecular flexibility index (Phi) is 7.11. The second kappa shape index (κ2) is 7.56. The third-order valence-electron chi connectivity index (χ3n) is 2.09. The van der Waals surface area contributed by atoms with Crippen LogP contribution in [0, 0.1) is 5.92 Å². The molecular formula is C11H22N2O. The molecule has 0 aliphatic carbocycles. The Balaban J connectivity index is 4.18. The molecule has 1 N–H and O–H groups in total. The van der Waals surface area contributed by atoms with Crippen LogP contribution in [-0.2, 0) is 4.79 Å². The van der Waals surface area contributed by atoms with Gasteiger partial charge in [0.15, 0.2) is 0 Å². The molecule has 1 unspecified atom stereocenters. The molecule has 1 atom stereocenters. The van der Waals surface area contributed by atoms with Gasteiger partial charge in [0.05, 0.1) is 0 Å². The van der Waals surface area contributed by atoms with Gasteiger partial charge in [-0.2, -0.15) is 0 Å². The first-order valence-corrected chi connectivity index (χ1v) is 5.21. The van der Waals surface area contributed by atoms with Crippen LogP contribution in [0.1, 0.15) is 20.3 Å². The average Bonchev–Trinajstić information content (AvgIpc) is 2.17. The van der Waals surface area contributed by atoms with Gasteiger partial charge in [-0.15, -0.1) is 6.58 Å². The van der Waals surface area contributed by atoms with Crippen molar-refractivity contribution in [2.24, 2.45) is 5.92 Å². The summed E-state index contributed by atoms with van der Waals surface area (Å²) >= 11 is 0. The lowest BCUT2D eigenvalue weighted by Crippen LogP contribution is -2.39. The summed E-state index contributed by atoms with van der Waals surface area (Å²) in [5.74, 6) is 0.257. The maximum absolute atomic E-state index is 11.9. The van der Waals surface area contributed by atoms with Gasteiger partial charge < -0.3 is 10.2 Å². The average molecular weight is 198 g/mol. The van der Waals surface area contributed by atoms with Crippen molar-refractivity contribution in [3.63, 3.8) is 0 Å². The van der Waals surface area contributed by atoms with Crippen molar-refractivity contribution in [2.75, 3.05) is 26.7 Å². The van der Waals surface area contributed by atoms with E-state index in [0.717, 1.165) is 19.5 Å². The van der Waals surface area contributed by atoms with Gasteiger partial charge in [-0.05, 0) is 13.5 Å². The molecule has 0 saturated heterocycles. The Bertz CT molecular complexity index is 180. The number of rotatable bonds is 7. The molecule has 3 nitrogen and oxygen atoms in total. The summed E-state index contributed by atoms with van der Waals surface area (Å²) in [4.78, 5) is 13.7. The van der Waals surface area contributed by atoms with Crippen LogP contribution in [0.5, 0.6) is 0 Å². The molecule has 0 aliphatic rings. The van der Waals surface area contributed by atoms with Gasteiger partial charge >= 0.3 is 0 Å². The molecule has 0 heterocycles. The highest BCUT2D eigenvalue weighted by atomic mass is 16.2. The van der Waals surface area contributed by atoms with Crippen molar-refractivity contribution >= 4 is 5.91 Å². The standard InChI is InChI=1S/C11H22N2O/c1-5-7-13(8-6-2)11(14)10(3)9-12-4/h5,10,12H,1,6-9H2,2-4H3. The minimum Gasteiger partial charge on any atom is -0.339 e. The smallest absolute Gasteiger partial charge is 0.226 e. The van der Waals surface area contributed by atoms with Crippen molar-refractivity contribution in [1.82, 2.24) is 10.2 Å². The van der Waals surface area contributed by atoms with Gasteiger partial charge in [0.25, 0.3) is 0 Å². The Labute approximate surface area is 87.2 Å². The molecule has 82 valence electrons. The van der Waals surface area contributed by atoms with Gasteiger partial charge in [-0.25, -0.2) is 0 Å². The Morgan fingerprint density at radius 2 is 2.29 bits per heavy atom. The van der Waals surface area contributed by atoms with E-state index in [1.165, 1.54) is 0 Å². The first-order valence-electron chi connectivity index (χ1n) is 5.21. The summed E-state index contributed by atoms with van der Waals surface area (Å²) in [7, 11) is 1.86. The zero-order valence-electron chi connectivity index (χ0n) is 9.55. The molecule has 0 aliphatic heterocycles. The summed E-state index contributed by atoms with van der Waals surface area (Å²) in [6, 6.07) is 0. The molecule has 0 saturated carbocycles. The van der Waals surface area contributed by atoms with Gasteiger partial charge in [-0.1, -0.05) is 19.9 Å². The lowest BCUT2D eigenvalue weighted by molar-refractivity contribution is -0.134. The van der Waals surface area contributed by atoms with Crippen LogP contribution in [0.15, 0.2) is 12.7 Å². The second-order valence-electron chi connectivity index (χ2n) is 3.53. The predicted octanol–water partition coefficient (Wildman–Crippen LogP) is 1.27. The SMILES string of the molecule is C=CCN(CCC)C(=O)C(C)CNC. The monoisotopic (exact) mass is 198 g/mol. The quantitative estimate of drug-likeness (QED) is 0.625. The van der Waals surface area contributed by atoms with Crippen molar-refractivity contribution < 1.29 is 4.79 Å². The highest BCUT2D eigenvalue weighted by molar-refractivity contribution is 5.78. The predicted molar refractivity (Wildman–Crippen MR) is 60.2 cm³/mol. The fraction of sp³-hybridized carbons (Fsp3) is 0.727. The molecular weight excluding hydrogens is 176 g/mol. The van der Waals surface area contributed by atoms with E-state index in [0.29, 0.717) is 6.54 Å². The van der Waals surface area contributed by atoms with Crippen LogP contribution in [0.3, 0.4) is 0 Å². The number of carbonyl (C=O) groups excluding carboxylic acids is 1. The molecule has 1 amide bonds. The number of amides is 1. The first kappa shape index (κ1) is 13.2. The van der Waals surface area contributed by atoms with Crippen molar-refractivity contribution in [3.8, 4) is 0 Å². The molecule has 0 radical (unpaired) electrons. The van der Waals surface area contributed by atoms with E-state index < -0.39 is 0 Å². The van der Waals surface area contributed by atoms with Crippen molar-refractivity contribution in [2.45, 2.75) is 20.3 Å². The molecule has 0 aromatic carbocycles. The third-order valence-corrected chi connectivity index (χ3v) is 2.09. The van der Waals surface area contributed by atoms with Gasteiger partial charge in [0, 0.05) is 25.6 Å². The molecule has 0 rings (SSSR count). The number of hydrogen-bond donors (Lipinski definition) is 1. The summed E-state index contributed by atoms with van der Waals surface area (Å²) in [5, 5.41) is 3.01. The molecule has 0 spiro atoms. The minimum atomic E-state index is 0.0477. The highest BCUT2D eigenvalue weighted by Crippen LogP contribution is 2.02. The first-order chi connectivity index (χ1) is 6.67. The second-order valence-corrected chi connectivity index (χ2v) is 3.53. The molecule has 0 bridgehead atoms. The van der Waals surface area contributed by atoms with Crippen LogP contribution in [0.25, 0.3) is 0 Å². The minimum absolute atomic E-state index is 0.0477. The number of nitrogens with one attached hydrogen (secondary N) is 1. The summed E-state index contributed by atoms with van der Waals surface area (Å²) in [6.45, 7) is 9.89. The molecule has 0 aromatic rings. The van der Waals surface area contributed by atoms with E-state index >= 15 is 0 Å². The van der Waals surface area contributed by atoms with Gasteiger partial charge in [0.1, 0.15) is 0 Å². The van der Waals surface area contributed by atoms with Crippen molar-refractivity contribution in [1.29, 1.82) is 0 Å². The number of carbonyl (C=O) groups is 1. The zero-order chi connectivity index (χ0) is 11.0. The van der Waals surface area contributed by atoms with E-state index in [-0.39, 0.29) is 11.8 Å². The van der Waals surface area contributed by atoms with Crippen LogP contribution >= 0.6 is 0 Å². The van der Waals surface area contributed by atoms with Crippen LogP contribution < -0.4 is 5.32 Å². The van der Waals surface area contributed by atoms with Gasteiger partial charge in [-0.3, -0.25) is 4.79 Å². The topological polar surface area (TPSA) is 32.3 Å². The number of nitrogens with zero attached hydrogens (tertiary/aromatic N) is 1. The summed E-state index contributed by atoms with van der Waals surface area (Å²) in [6.07, 6.45) is 2.77. The van der Waals surface area contributed by atoms with E-state index in [1.54, 1.807) is 6.08 Å².